The molecule has 0 bridgehead atoms. The molecule has 4 heterocycles. The summed E-state index contributed by atoms with van der Waals surface area (Å²) >= 11 is 6.01. The molecule has 0 saturated carbocycles. The fourth-order valence-corrected chi connectivity index (χ4v) is 5.39. The lowest BCUT2D eigenvalue weighted by Gasteiger charge is -2.27. The Balaban J connectivity index is 1.27. The van der Waals surface area contributed by atoms with Crippen molar-refractivity contribution in [3.8, 4) is 0 Å². The first kappa shape index (κ1) is 23.9. The first-order chi connectivity index (χ1) is 18.0. The maximum atomic E-state index is 13.5. The molecule has 0 spiro atoms. The van der Waals surface area contributed by atoms with Crippen LogP contribution in [0.5, 0.6) is 0 Å². The Hall–Kier alpha value is -3.52. The standard InChI is InChI=1S/C29H26ClFN4O2/c30-28-12-20(7-9-32-28)15-33-29(36)35-26-8-11-34(10-1-2-19-3-5-23(31)6-4-19)16-25(26)24-13-21-17-37-18-22(21)14-27(24)35/h1-7,9,12-14H,8,10-11,15-18H2,(H,33,36). The fourth-order valence-electron chi connectivity index (χ4n) is 5.19. The molecule has 0 unspecified atom stereocenters. The summed E-state index contributed by atoms with van der Waals surface area (Å²) in [5.74, 6) is -0.234. The third-order valence-corrected chi connectivity index (χ3v) is 7.25. The highest BCUT2D eigenvalue weighted by atomic mass is 35.5. The van der Waals surface area contributed by atoms with Gasteiger partial charge in [0, 0.05) is 49.9 Å². The Kier molecular flexibility index (Phi) is 6.50. The second kappa shape index (κ2) is 10.1. The van der Waals surface area contributed by atoms with Gasteiger partial charge in [-0.1, -0.05) is 35.9 Å². The number of halogens is 2. The number of nitrogens with zero attached hydrogens (tertiary/aromatic N) is 3. The van der Waals surface area contributed by atoms with Gasteiger partial charge in [0.05, 0.1) is 18.7 Å². The van der Waals surface area contributed by atoms with E-state index in [2.05, 4.69) is 33.4 Å². The predicted octanol–water partition coefficient (Wildman–Crippen LogP) is 5.69. The van der Waals surface area contributed by atoms with Crippen molar-refractivity contribution in [3.05, 3.63) is 105 Å². The molecule has 8 heteroatoms. The van der Waals surface area contributed by atoms with Crippen LogP contribution in [-0.2, 0) is 37.5 Å². The molecule has 0 fully saturated rings. The van der Waals surface area contributed by atoms with Crippen LogP contribution >= 0.6 is 11.6 Å². The van der Waals surface area contributed by atoms with Crippen LogP contribution in [0.25, 0.3) is 17.0 Å². The topological polar surface area (TPSA) is 59.4 Å². The van der Waals surface area contributed by atoms with Gasteiger partial charge in [-0.25, -0.2) is 14.2 Å². The Morgan fingerprint density at radius 1 is 1.14 bits per heavy atom. The van der Waals surface area contributed by atoms with Crippen molar-refractivity contribution in [1.29, 1.82) is 0 Å². The molecule has 1 amide bonds. The summed E-state index contributed by atoms with van der Waals surface area (Å²) in [6.07, 6.45) is 6.53. The SMILES string of the molecule is O=C(NCc1ccnc(Cl)c1)n1c2c(c3cc4c(cc31)COC4)CN(CC=Cc1ccc(F)cc1)CC2. The quantitative estimate of drug-likeness (QED) is 0.346. The van der Waals surface area contributed by atoms with Crippen LogP contribution in [0, 0.1) is 5.82 Å². The van der Waals surface area contributed by atoms with Crippen LogP contribution in [0.4, 0.5) is 9.18 Å². The molecule has 6 nitrogen and oxygen atoms in total. The number of aromatic nitrogens is 2. The Morgan fingerprint density at radius 2 is 1.95 bits per heavy atom. The van der Waals surface area contributed by atoms with Crippen molar-refractivity contribution < 1.29 is 13.9 Å². The van der Waals surface area contributed by atoms with E-state index in [0.717, 1.165) is 59.3 Å². The molecule has 2 aromatic carbocycles. The number of nitrogens with one attached hydrogen (secondary N) is 1. The van der Waals surface area contributed by atoms with Crippen LogP contribution in [0.2, 0.25) is 5.15 Å². The molecule has 4 aromatic rings. The molecule has 1 N–H and O–H groups in total. The van der Waals surface area contributed by atoms with E-state index >= 15 is 0 Å². The lowest BCUT2D eigenvalue weighted by Crippen LogP contribution is -2.34. The molecule has 2 aliphatic rings. The summed E-state index contributed by atoms with van der Waals surface area (Å²) in [5.41, 5.74) is 7.36. The van der Waals surface area contributed by atoms with E-state index in [4.69, 9.17) is 16.3 Å². The molecular formula is C29H26ClFN4O2. The van der Waals surface area contributed by atoms with Gasteiger partial charge in [0.2, 0.25) is 0 Å². The average molecular weight is 517 g/mol. The van der Waals surface area contributed by atoms with E-state index in [0.29, 0.717) is 24.9 Å². The Labute approximate surface area is 219 Å². The molecule has 0 radical (unpaired) electrons. The van der Waals surface area contributed by atoms with Crippen LogP contribution in [0.3, 0.4) is 0 Å². The number of carbonyl (C=O) groups is 1. The third kappa shape index (κ3) is 4.90. The number of carbonyl (C=O) groups excluding carboxylic acids is 1. The third-order valence-electron chi connectivity index (χ3n) is 7.05. The highest BCUT2D eigenvalue weighted by molar-refractivity contribution is 6.29. The number of rotatable bonds is 5. The largest absolute Gasteiger partial charge is 0.372 e. The molecular weight excluding hydrogens is 491 g/mol. The number of amides is 1. The maximum absolute atomic E-state index is 13.5. The molecule has 6 rings (SSSR count). The minimum atomic E-state index is -0.234. The van der Waals surface area contributed by atoms with Gasteiger partial charge in [-0.2, -0.15) is 0 Å². The van der Waals surface area contributed by atoms with Crippen molar-refractivity contribution in [3.63, 3.8) is 0 Å². The van der Waals surface area contributed by atoms with Crippen LogP contribution in [0.1, 0.15) is 33.5 Å². The number of hydrogen-bond acceptors (Lipinski definition) is 4. The van der Waals surface area contributed by atoms with Crippen LogP contribution < -0.4 is 5.32 Å². The maximum Gasteiger partial charge on any atom is 0.326 e. The van der Waals surface area contributed by atoms with Gasteiger partial charge in [-0.3, -0.25) is 9.47 Å². The van der Waals surface area contributed by atoms with Gasteiger partial charge in [0.1, 0.15) is 11.0 Å². The van der Waals surface area contributed by atoms with Crippen molar-refractivity contribution in [2.24, 2.45) is 0 Å². The number of hydrogen-bond donors (Lipinski definition) is 1. The van der Waals surface area contributed by atoms with Gasteiger partial charge < -0.3 is 10.1 Å². The molecule has 0 aliphatic carbocycles. The molecule has 0 atom stereocenters. The minimum Gasteiger partial charge on any atom is -0.372 e. The number of fused-ring (bicyclic) bond motifs is 4. The summed E-state index contributed by atoms with van der Waals surface area (Å²) in [6, 6.07) is 14.2. The lowest BCUT2D eigenvalue weighted by atomic mass is 10.0. The summed E-state index contributed by atoms with van der Waals surface area (Å²) in [7, 11) is 0. The lowest BCUT2D eigenvalue weighted by molar-refractivity contribution is 0.134. The Morgan fingerprint density at radius 3 is 2.76 bits per heavy atom. The zero-order valence-electron chi connectivity index (χ0n) is 20.2. The number of pyridine rings is 1. The smallest absolute Gasteiger partial charge is 0.326 e. The second-order valence-electron chi connectivity index (χ2n) is 9.48. The summed E-state index contributed by atoms with van der Waals surface area (Å²) < 4.78 is 20.7. The van der Waals surface area contributed by atoms with Crippen molar-refractivity contribution in [1.82, 2.24) is 19.8 Å². The van der Waals surface area contributed by atoms with E-state index in [-0.39, 0.29) is 11.8 Å². The zero-order valence-corrected chi connectivity index (χ0v) is 21.0. The second-order valence-corrected chi connectivity index (χ2v) is 9.86. The molecule has 2 aromatic heterocycles. The van der Waals surface area contributed by atoms with E-state index < -0.39 is 0 Å². The van der Waals surface area contributed by atoms with Gasteiger partial charge >= 0.3 is 6.03 Å². The van der Waals surface area contributed by atoms with E-state index in [9.17, 15) is 9.18 Å². The summed E-state index contributed by atoms with van der Waals surface area (Å²) in [6.45, 7) is 3.89. The van der Waals surface area contributed by atoms with E-state index in [1.165, 1.54) is 23.3 Å². The molecule has 2 aliphatic heterocycles. The zero-order chi connectivity index (χ0) is 25.4. The van der Waals surface area contributed by atoms with Gasteiger partial charge in [-0.05, 0) is 64.2 Å². The highest BCUT2D eigenvalue weighted by Crippen LogP contribution is 2.35. The van der Waals surface area contributed by atoms with Crippen LogP contribution in [0.15, 0.2) is 60.8 Å². The number of ether oxygens (including phenoxy) is 1. The van der Waals surface area contributed by atoms with Gasteiger partial charge in [-0.15, -0.1) is 0 Å². The van der Waals surface area contributed by atoms with Gasteiger partial charge in [0.15, 0.2) is 0 Å². The Bertz CT molecular complexity index is 1510. The summed E-state index contributed by atoms with van der Waals surface area (Å²) in [5, 5.41) is 4.57. The first-order valence-electron chi connectivity index (χ1n) is 12.3. The minimum absolute atomic E-state index is 0.150. The van der Waals surface area contributed by atoms with E-state index in [1.54, 1.807) is 24.4 Å². The predicted molar refractivity (Wildman–Crippen MR) is 142 cm³/mol. The van der Waals surface area contributed by atoms with Gasteiger partial charge in [0.25, 0.3) is 0 Å². The first-order valence-corrected chi connectivity index (χ1v) is 12.7. The normalized spacial score (nSPS) is 15.3. The van der Waals surface area contributed by atoms with E-state index in [1.807, 2.05) is 16.7 Å². The van der Waals surface area contributed by atoms with Crippen molar-refractivity contribution in [2.45, 2.75) is 32.7 Å². The molecule has 188 valence electrons. The molecule has 0 saturated heterocycles. The van der Waals surface area contributed by atoms with Crippen molar-refractivity contribution >= 4 is 34.6 Å². The number of benzene rings is 2. The average Bonchev–Trinajstić information content (AvgIpc) is 3.49. The summed E-state index contributed by atoms with van der Waals surface area (Å²) in [4.78, 5) is 19.9. The monoisotopic (exact) mass is 516 g/mol. The van der Waals surface area contributed by atoms with Crippen LogP contribution in [-0.4, -0.2) is 33.6 Å². The molecule has 37 heavy (non-hydrogen) atoms. The highest BCUT2D eigenvalue weighted by Gasteiger charge is 2.28. The van der Waals surface area contributed by atoms with Crippen molar-refractivity contribution in [2.75, 3.05) is 13.1 Å². The fraction of sp³-hybridized carbons (Fsp3) is 0.241.